The molecule has 0 amide bonds. The van der Waals surface area contributed by atoms with Gasteiger partial charge in [0.25, 0.3) is 0 Å². The van der Waals surface area contributed by atoms with E-state index < -0.39 is 0 Å². The molecular formula is Mo3P11Ta3. The van der Waals surface area contributed by atoms with Crippen molar-refractivity contribution >= 4 is 109 Å². The molecule has 0 spiro atoms. The molecule has 0 aromatic heterocycles. The van der Waals surface area contributed by atoms with Gasteiger partial charge in [0, 0.05) is 0 Å². The van der Waals surface area contributed by atoms with Crippen LogP contribution in [0.4, 0.5) is 0 Å². The van der Waals surface area contributed by atoms with Gasteiger partial charge in [0.05, 0.1) is 0 Å². The van der Waals surface area contributed by atoms with Crippen LogP contribution in [0.5, 0.6) is 0 Å². The second kappa shape index (κ2) is 178. The first-order chi connectivity index (χ1) is 0. The summed E-state index contributed by atoms with van der Waals surface area (Å²) < 4.78 is 0. The van der Waals surface area contributed by atoms with E-state index in [4.69, 9.17) is 0 Å². The SMILES string of the molecule is [Mo+6].[Mo+6].[Mo+6].[P-3].[P-3].[P-3].[P-3].[P-3].[P-3].[P-3].[P-3].[P-3].[P-3].[P-3].[Ta+5].[Ta+5].[Ta+5]. The van der Waals surface area contributed by atoms with Crippen molar-refractivity contribution in [1.29, 1.82) is 0 Å². The maximum Gasteiger partial charge on any atom is 6.00 e. The molecule has 0 saturated carbocycles. The van der Waals surface area contributed by atoms with E-state index in [1.165, 1.54) is 0 Å². The zero-order valence-electron chi connectivity index (χ0n) is 7.49. The van der Waals surface area contributed by atoms with Gasteiger partial charge in [0.2, 0.25) is 0 Å². The molecule has 0 bridgehead atoms. The molecule has 0 rings (SSSR count). The summed E-state index contributed by atoms with van der Waals surface area (Å²) in [6.45, 7) is 0. The van der Waals surface area contributed by atoms with E-state index in [9.17, 15) is 0 Å². The predicted molar refractivity (Wildman–Crippen MR) is 76.1 cm³/mol. The minimum atomic E-state index is 0. The third kappa shape index (κ3) is 163. The first kappa shape index (κ1) is 200. The summed E-state index contributed by atoms with van der Waals surface area (Å²) in [5.74, 6) is 0. The largest absolute Gasteiger partial charge is 6.00 e. The van der Waals surface area contributed by atoms with E-state index in [1.807, 2.05) is 0 Å². The molecule has 0 aromatic rings. The summed E-state index contributed by atoms with van der Waals surface area (Å²) in [6.07, 6.45) is 0. The summed E-state index contributed by atoms with van der Waals surface area (Å²) in [4.78, 5) is 0. The molecule has 0 nitrogen and oxygen atoms in total. The second-order valence-electron chi connectivity index (χ2n) is 0. The van der Waals surface area contributed by atoms with Crippen molar-refractivity contribution in [2.24, 2.45) is 0 Å². The third-order valence-electron chi connectivity index (χ3n) is 0. The van der Waals surface area contributed by atoms with Crippen molar-refractivity contribution in [3.8, 4) is 0 Å². The fourth-order valence-electron chi connectivity index (χ4n) is 0. The number of hydrogen-bond donors (Lipinski definition) is 0. The van der Waals surface area contributed by atoms with Crippen LogP contribution in [-0.2, 0) is 130 Å². The van der Waals surface area contributed by atoms with Crippen molar-refractivity contribution in [1.82, 2.24) is 0 Å². The van der Waals surface area contributed by atoms with E-state index in [2.05, 4.69) is 0 Å². The normalized spacial score (nSPS) is 0. The van der Waals surface area contributed by atoms with Gasteiger partial charge in [-0.3, -0.25) is 0 Å². The molecule has 0 aliphatic heterocycles. The van der Waals surface area contributed by atoms with Crippen LogP contribution in [0.15, 0.2) is 0 Å². The zero-order chi connectivity index (χ0) is 0. The monoisotopic (exact) mass is 1180 g/mol. The summed E-state index contributed by atoms with van der Waals surface area (Å²) in [7, 11) is 0. The van der Waals surface area contributed by atoms with Crippen LogP contribution >= 0.6 is 109 Å². The molecule has 0 aliphatic rings. The van der Waals surface area contributed by atoms with Crippen LogP contribution in [0, 0.1) is 0 Å². The molecule has 17 heteroatoms. The van der Waals surface area contributed by atoms with Gasteiger partial charge in [-0.25, -0.2) is 0 Å². The summed E-state index contributed by atoms with van der Waals surface area (Å²) in [5.41, 5.74) is 0. The van der Waals surface area contributed by atoms with Gasteiger partial charge in [-0.1, -0.05) is 0 Å². The predicted octanol–water partition coefficient (Wildman–Crippen LogP) is 9.46. The first-order valence-electron chi connectivity index (χ1n) is 0. The van der Waals surface area contributed by atoms with E-state index in [0.717, 1.165) is 0 Å². The van der Waals surface area contributed by atoms with Crippen molar-refractivity contribution in [3.05, 3.63) is 0 Å². The fraction of sp³-hybridized carbons (Fsp3) is 0. The zero-order valence-corrected chi connectivity index (χ0v) is 33.0. The molecule has 0 radical (unpaired) electrons. The van der Waals surface area contributed by atoms with Gasteiger partial charge in [0.1, 0.15) is 0 Å². The fourth-order valence-corrected chi connectivity index (χ4v) is 0. The smallest absolute Gasteiger partial charge is 3.00 e. The maximum absolute atomic E-state index is 0. The maximum atomic E-state index is 0. The molecule has 0 saturated heterocycles. The number of hydrogen-bond acceptors (Lipinski definition) is 0. The van der Waals surface area contributed by atoms with Gasteiger partial charge in [-0.2, -0.15) is 0 Å². The molecule has 88 valence electrons. The van der Waals surface area contributed by atoms with Crippen LogP contribution in [0.2, 0.25) is 0 Å². The average molecular weight is 1170 g/mol. The van der Waals surface area contributed by atoms with Gasteiger partial charge >= 0.3 is 130 Å². The van der Waals surface area contributed by atoms with Crippen LogP contribution in [0.25, 0.3) is 0 Å². The van der Waals surface area contributed by atoms with Gasteiger partial charge in [-0.05, 0) is 0 Å². The Morgan fingerprint density at radius 2 is 0.176 bits per heavy atom. The standard InChI is InChI=1S/3Mo.11P.3Ta/q3*+6;11*-3;3*+5. The molecule has 0 aromatic carbocycles. The van der Waals surface area contributed by atoms with Crippen molar-refractivity contribution in [2.45, 2.75) is 0 Å². The van der Waals surface area contributed by atoms with Crippen LogP contribution in [0.3, 0.4) is 0 Å². The summed E-state index contributed by atoms with van der Waals surface area (Å²) in [6, 6.07) is 0. The Hall–Kier alpha value is 9.02. The Morgan fingerprint density at radius 1 is 0.176 bits per heavy atom. The van der Waals surface area contributed by atoms with Crippen molar-refractivity contribution in [2.75, 3.05) is 0 Å². The van der Waals surface area contributed by atoms with Gasteiger partial charge in [0.15, 0.2) is 0 Å². The van der Waals surface area contributed by atoms with E-state index in [0.29, 0.717) is 0 Å². The van der Waals surface area contributed by atoms with Crippen LogP contribution in [0.1, 0.15) is 0 Å². The summed E-state index contributed by atoms with van der Waals surface area (Å²) >= 11 is 0. The average Bonchev–Trinajstić information content (AvgIpc) is 0. The second-order valence-corrected chi connectivity index (χ2v) is 0. The Balaban J connectivity index is 0. The molecule has 0 aliphatic carbocycles. The van der Waals surface area contributed by atoms with Gasteiger partial charge < -0.3 is 109 Å². The van der Waals surface area contributed by atoms with Crippen molar-refractivity contribution < 1.29 is 130 Å². The molecule has 0 heterocycles. The van der Waals surface area contributed by atoms with Gasteiger partial charge in [-0.15, -0.1) is 0 Å². The molecule has 0 unspecified atom stereocenters. The molecule has 0 atom stereocenters. The summed E-state index contributed by atoms with van der Waals surface area (Å²) in [5, 5.41) is 0. The third-order valence-corrected chi connectivity index (χ3v) is 0. The van der Waals surface area contributed by atoms with Crippen LogP contribution < -0.4 is 0 Å². The molecular weight excluding hydrogens is 1170 g/mol. The van der Waals surface area contributed by atoms with Crippen molar-refractivity contribution in [3.63, 3.8) is 0 Å². The topological polar surface area (TPSA) is 0 Å². The van der Waals surface area contributed by atoms with E-state index >= 15 is 0 Å². The van der Waals surface area contributed by atoms with Crippen LogP contribution in [-0.4, -0.2) is 0 Å². The first-order valence-corrected chi connectivity index (χ1v) is 0. The minimum Gasteiger partial charge on any atom is -3.00 e. The minimum absolute atomic E-state index is 0. The van der Waals surface area contributed by atoms with E-state index in [-0.39, 0.29) is 239 Å². The molecule has 0 N–H and O–H groups in total. The number of rotatable bonds is 0. The Bertz CT molecular complexity index is 21.9. The quantitative estimate of drug-likeness (QED) is 0.168. The Kier molecular flexibility index (Phi) is 2090. The molecule has 17 heavy (non-hydrogen) atoms. The van der Waals surface area contributed by atoms with E-state index in [1.54, 1.807) is 0 Å². The Morgan fingerprint density at radius 3 is 0.176 bits per heavy atom. The molecule has 0 fully saturated rings. The Labute approximate surface area is 235 Å².